The molecule has 0 spiro atoms. The number of rotatable bonds is 0. The van der Waals surface area contributed by atoms with E-state index >= 15 is 0 Å². The molecule has 0 atom stereocenters. The molecule has 0 saturated carbocycles. The zero-order valence-corrected chi connectivity index (χ0v) is 11.1. The highest BCUT2D eigenvalue weighted by molar-refractivity contribution is 5.59. The molecular weight excluding hydrogens is 198 g/mol. The fourth-order valence-corrected chi connectivity index (χ4v) is 1.85. The zero-order chi connectivity index (χ0) is 12.2. The van der Waals surface area contributed by atoms with Gasteiger partial charge in [-0.2, -0.15) is 0 Å². The summed E-state index contributed by atoms with van der Waals surface area (Å²) >= 11 is 0. The molecule has 0 radical (unpaired) electrons. The third kappa shape index (κ3) is 3.16. The van der Waals surface area contributed by atoms with Crippen molar-refractivity contribution in [1.29, 1.82) is 0 Å². The lowest BCUT2D eigenvalue weighted by Crippen LogP contribution is -2.45. The van der Waals surface area contributed by atoms with Gasteiger partial charge in [-0.3, -0.25) is 0 Å². The number of benzene rings is 1. The van der Waals surface area contributed by atoms with Crippen molar-refractivity contribution in [3.8, 4) is 5.75 Å². The summed E-state index contributed by atoms with van der Waals surface area (Å²) in [7, 11) is 2.10. The van der Waals surface area contributed by atoms with Gasteiger partial charge < -0.3 is 9.64 Å². The van der Waals surface area contributed by atoms with E-state index in [-0.39, 0.29) is 5.60 Å². The molecule has 1 aromatic rings. The molecule has 0 unspecified atom stereocenters. The van der Waals surface area contributed by atoms with Gasteiger partial charge in [0.15, 0.2) is 0 Å². The van der Waals surface area contributed by atoms with E-state index in [1.807, 2.05) is 18.2 Å². The van der Waals surface area contributed by atoms with Crippen LogP contribution in [0.25, 0.3) is 0 Å². The lowest BCUT2D eigenvalue weighted by Gasteiger charge is -2.38. The van der Waals surface area contributed by atoms with Crippen LogP contribution in [0.2, 0.25) is 0 Å². The number of hydrogen-bond acceptors (Lipinski definition) is 2. The van der Waals surface area contributed by atoms with Gasteiger partial charge in [0.25, 0.3) is 0 Å². The molecule has 2 rings (SSSR count). The van der Waals surface area contributed by atoms with Crippen LogP contribution in [0.1, 0.15) is 34.1 Å². The van der Waals surface area contributed by atoms with Crippen LogP contribution in [0.4, 0.5) is 5.69 Å². The molecule has 0 N–H and O–H groups in total. The Morgan fingerprint density at radius 2 is 1.81 bits per heavy atom. The summed E-state index contributed by atoms with van der Waals surface area (Å²) in [4.78, 5) is 2.23. The van der Waals surface area contributed by atoms with Gasteiger partial charge in [0.2, 0.25) is 0 Å². The van der Waals surface area contributed by atoms with Gasteiger partial charge >= 0.3 is 0 Å². The van der Waals surface area contributed by atoms with Crippen molar-refractivity contribution in [3.63, 3.8) is 0 Å². The fourth-order valence-electron chi connectivity index (χ4n) is 1.85. The lowest BCUT2D eigenvalue weighted by atomic mass is 10.1. The first-order chi connectivity index (χ1) is 7.50. The van der Waals surface area contributed by atoms with Gasteiger partial charge in [0.05, 0.1) is 12.2 Å². The second-order valence-electron chi connectivity index (χ2n) is 4.89. The summed E-state index contributed by atoms with van der Waals surface area (Å²) < 4.78 is 5.85. The molecule has 1 heterocycles. The zero-order valence-electron chi connectivity index (χ0n) is 11.1. The summed E-state index contributed by atoms with van der Waals surface area (Å²) in [5, 5.41) is 0. The Morgan fingerprint density at radius 1 is 1.25 bits per heavy atom. The van der Waals surface area contributed by atoms with E-state index < -0.39 is 0 Å². The highest BCUT2D eigenvalue weighted by Crippen LogP contribution is 2.35. The maximum absolute atomic E-state index is 5.85. The molecule has 0 amide bonds. The van der Waals surface area contributed by atoms with Gasteiger partial charge in [-0.25, -0.2) is 0 Å². The molecule has 2 nitrogen and oxygen atoms in total. The molecule has 1 aliphatic rings. The molecule has 2 heteroatoms. The maximum Gasteiger partial charge on any atom is 0.143 e. The van der Waals surface area contributed by atoms with E-state index in [2.05, 4.69) is 45.7 Å². The summed E-state index contributed by atoms with van der Waals surface area (Å²) in [5.41, 5.74) is 1.10. The summed E-state index contributed by atoms with van der Waals surface area (Å²) in [6.45, 7) is 9.41. The quantitative estimate of drug-likeness (QED) is 0.662. The number of hydrogen-bond donors (Lipinski definition) is 0. The number of fused-ring (bicyclic) bond motifs is 1. The Labute approximate surface area is 99.2 Å². The maximum atomic E-state index is 5.85. The Balaban J connectivity index is 0.000000386. The van der Waals surface area contributed by atoms with E-state index in [0.29, 0.717) is 0 Å². The Hall–Kier alpha value is -1.18. The van der Waals surface area contributed by atoms with Crippen LogP contribution in [-0.4, -0.2) is 19.2 Å². The molecule has 0 bridgehead atoms. The normalized spacial score (nSPS) is 16.7. The van der Waals surface area contributed by atoms with Crippen LogP contribution in [-0.2, 0) is 0 Å². The highest BCUT2D eigenvalue weighted by atomic mass is 16.5. The predicted molar refractivity (Wildman–Crippen MR) is 70.4 cm³/mol. The second kappa shape index (κ2) is 5.24. The topological polar surface area (TPSA) is 12.5 Å². The molecule has 90 valence electrons. The molecule has 0 aliphatic carbocycles. The van der Waals surface area contributed by atoms with Crippen molar-refractivity contribution in [1.82, 2.24) is 0 Å². The largest absolute Gasteiger partial charge is 0.484 e. The van der Waals surface area contributed by atoms with Crippen molar-refractivity contribution < 1.29 is 4.74 Å². The third-order valence-corrected chi connectivity index (χ3v) is 2.28. The van der Waals surface area contributed by atoms with Crippen molar-refractivity contribution in [2.45, 2.75) is 39.7 Å². The minimum Gasteiger partial charge on any atom is -0.484 e. The molecular formula is C14H23NO. The Morgan fingerprint density at radius 3 is 2.44 bits per heavy atom. The monoisotopic (exact) mass is 221 g/mol. The van der Waals surface area contributed by atoms with Gasteiger partial charge in [-0.05, 0) is 26.0 Å². The van der Waals surface area contributed by atoms with Crippen LogP contribution < -0.4 is 9.64 Å². The Kier molecular flexibility index (Phi) is 4.22. The van der Waals surface area contributed by atoms with Gasteiger partial charge in [0.1, 0.15) is 11.4 Å². The molecule has 16 heavy (non-hydrogen) atoms. The first-order valence-electron chi connectivity index (χ1n) is 5.99. The van der Waals surface area contributed by atoms with Crippen molar-refractivity contribution in [2.24, 2.45) is 0 Å². The van der Waals surface area contributed by atoms with E-state index in [1.165, 1.54) is 12.1 Å². The van der Waals surface area contributed by atoms with Crippen LogP contribution in [0, 0.1) is 0 Å². The predicted octanol–water partition coefficient (Wildman–Crippen LogP) is 3.71. The van der Waals surface area contributed by atoms with Crippen LogP contribution in [0.15, 0.2) is 24.3 Å². The van der Waals surface area contributed by atoms with Crippen molar-refractivity contribution in [2.75, 3.05) is 18.5 Å². The lowest BCUT2D eigenvalue weighted by molar-refractivity contribution is 0.107. The van der Waals surface area contributed by atoms with Gasteiger partial charge in [-0.1, -0.05) is 32.4 Å². The second-order valence-corrected chi connectivity index (χ2v) is 4.89. The van der Waals surface area contributed by atoms with Crippen LogP contribution in [0.5, 0.6) is 5.75 Å². The van der Waals surface area contributed by atoms with E-state index in [4.69, 9.17) is 4.74 Å². The highest BCUT2D eigenvalue weighted by Gasteiger charge is 2.29. The summed E-state index contributed by atoms with van der Waals surface area (Å²) in [5.74, 6) is 0.987. The summed E-state index contributed by atoms with van der Waals surface area (Å²) in [6.07, 6.45) is 1.25. The minimum absolute atomic E-state index is 0.0803. The van der Waals surface area contributed by atoms with E-state index in [1.54, 1.807) is 0 Å². The average molecular weight is 221 g/mol. The average Bonchev–Trinajstić information content (AvgIpc) is 2.17. The fraction of sp³-hybridized carbons (Fsp3) is 0.571. The number of para-hydroxylation sites is 2. The number of ether oxygens (including phenoxy) is 1. The van der Waals surface area contributed by atoms with Crippen molar-refractivity contribution in [3.05, 3.63) is 24.3 Å². The summed E-state index contributed by atoms with van der Waals surface area (Å²) in [6, 6.07) is 8.16. The number of anilines is 1. The molecule has 0 saturated heterocycles. The van der Waals surface area contributed by atoms with Gasteiger partial charge in [-0.15, -0.1) is 0 Å². The Bertz CT molecular complexity index is 333. The first-order valence-corrected chi connectivity index (χ1v) is 5.99. The standard InChI is InChI=1S/C11H15NO.C3H8/c1-11(2)8-12(3)9-6-4-5-7-10(9)13-11;1-3-2/h4-7H,8H2,1-3H3;3H2,1-2H3. The first kappa shape index (κ1) is 12.9. The molecule has 1 aliphatic heterocycles. The van der Waals surface area contributed by atoms with E-state index in [0.717, 1.165) is 12.3 Å². The molecule has 1 aromatic carbocycles. The number of likely N-dealkylation sites (N-methyl/N-ethyl adjacent to an activating group) is 1. The SMILES string of the molecule is CCC.CN1CC(C)(C)Oc2ccccc21. The molecule has 0 fully saturated rings. The third-order valence-electron chi connectivity index (χ3n) is 2.28. The minimum atomic E-state index is -0.0803. The molecule has 0 aromatic heterocycles. The van der Waals surface area contributed by atoms with Crippen LogP contribution >= 0.6 is 0 Å². The number of nitrogens with zero attached hydrogens (tertiary/aromatic N) is 1. The van der Waals surface area contributed by atoms with Crippen molar-refractivity contribution >= 4 is 5.69 Å². The van der Waals surface area contributed by atoms with E-state index in [9.17, 15) is 0 Å². The van der Waals surface area contributed by atoms with Crippen LogP contribution in [0.3, 0.4) is 0 Å². The smallest absolute Gasteiger partial charge is 0.143 e. The van der Waals surface area contributed by atoms with Gasteiger partial charge in [0, 0.05) is 7.05 Å².